The summed E-state index contributed by atoms with van der Waals surface area (Å²) in [7, 11) is 0. The van der Waals surface area contributed by atoms with Crippen molar-refractivity contribution in [3.8, 4) is 0 Å². The van der Waals surface area contributed by atoms with Crippen molar-refractivity contribution >= 4 is 0 Å². The summed E-state index contributed by atoms with van der Waals surface area (Å²) in [6, 6.07) is 5.06. The zero-order chi connectivity index (χ0) is 15.2. The van der Waals surface area contributed by atoms with E-state index in [9.17, 15) is 4.79 Å². The molecule has 2 unspecified atom stereocenters. The van der Waals surface area contributed by atoms with Crippen LogP contribution in [0.15, 0.2) is 23.1 Å². The number of hydrogen-bond donors (Lipinski definition) is 0. The molecule has 2 atom stereocenters. The van der Waals surface area contributed by atoms with Crippen LogP contribution in [0, 0.1) is 0 Å². The van der Waals surface area contributed by atoms with Gasteiger partial charge in [-0.05, 0) is 39.7 Å². The summed E-state index contributed by atoms with van der Waals surface area (Å²) in [6.07, 6.45) is 3.36. The third-order valence-electron chi connectivity index (χ3n) is 5.04. The summed E-state index contributed by atoms with van der Waals surface area (Å²) in [4.78, 5) is 16.9. The summed E-state index contributed by atoms with van der Waals surface area (Å²) in [5.41, 5.74) is 1.64. The Balaban J connectivity index is 1.67. The number of nitrogens with zero attached hydrogens (tertiary/aromatic N) is 3. The molecular formula is C17H27N3O. The van der Waals surface area contributed by atoms with E-state index in [2.05, 4.69) is 30.6 Å². The molecule has 21 heavy (non-hydrogen) atoms. The van der Waals surface area contributed by atoms with Crippen molar-refractivity contribution < 1.29 is 0 Å². The van der Waals surface area contributed by atoms with E-state index in [1.807, 2.05) is 19.2 Å². The summed E-state index contributed by atoms with van der Waals surface area (Å²) >= 11 is 0. The van der Waals surface area contributed by atoms with Crippen LogP contribution in [-0.2, 0) is 13.1 Å². The highest BCUT2D eigenvalue weighted by molar-refractivity contribution is 5.13. The van der Waals surface area contributed by atoms with Crippen LogP contribution in [-0.4, -0.2) is 45.1 Å². The lowest BCUT2D eigenvalue weighted by molar-refractivity contribution is -0.0997. The number of piperazine rings is 1. The third kappa shape index (κ3) is 2.79. The van der Waals surface area contributed by atoms with Crippen molar-refractivity contribution in [1.82, 2.24) is 14.4 Å². The standard InChI is InChI=1S/C17H27N3O/c1-5-18-9-13(6-7-16(18)21)10-20-14-8-15(20)12-19(11-14)17(2,3)4/h6-7,9,14-15H,5,8,10-12H2,1-4H3. The molecule has 4 nitrogen and oxygen atoms in total. The number of likely N-dealkylation sites (tertiary alicyclic amines) is 2. The van der Waals surface area contributed by atoms with Crippen molar-refractivity contribution in [2.75, 3.05) is 13.1 Å². The molecular weight excluding hydrogens is 262 g/mol. The van der Waals surface area contributed by atoms with Gasteiger partial charge in [-0.1, -0.05) is 6.07 Å². The van der Waals surface area contributed by atoms with E-state index < -0.39 is 0 Å². The van der Waals surface area contributed by atoms with Crippen molar-refractivity contribution in [3.63, 3.8) is 0 Å². The average Bonchev–Trinajstić information content (AvgIpc) is 2.45. The Kier molecular flexibility index (Phi) is 3.70. The molecule has 3 rings (SSSR count). The fraction of sp³-hybridized carbons (Fsp3) is 0.706. The predicted octanol–water partition coefficient (Wildman–Crippen LogP) is 1.93. The number of pyridine rings is 1. The van der Waals surface area contributed by atoms with Gasteiger partial charge >= 0.3 is 0 Å². The number of fused-ring (bicyclic) bond motifs is 2. The molecule has 4 heteroatoms. The Bertz CT molecular complexity index is 560. The second-order valence-electron chi connectivity index (χ2n) is 7.45. The van der Waals surface area contributed by atoms with E-state index in [1.165, 1.54) is 25.1 Å². The number of aryl methyl sites for hydroxylation is 1. The van der Waals surface area contributed by atoms with Crippen LogP contribution in [0.4, 0.5) is 0 Å². The van der Waals surface area contributed by atoms with Crippen molar-refractivity contribution in [1.29, 1.82) is 0 Å². The number of hydrogen-bond acceptors (Lipinski definition) is 3. The van der Waals surface area contributed by atoms with Gasteiger partial charge in [0.25, 0.3) is 5.56 Å². The van der Waals surface area contributed by atoms with E-state index in [4.69, 9.17) is 0 Å². The van der Waals surface area contributed by atoms with Gasteiger partial charge in [-0.15, -0.1) is 0 Å². The van der Waals surface area contributed by atoms with E-state index in [0.717, 1.165) is 13.1 Å². The van der Waals surface area contributed by atoms with Crippen LogP contribution in [0.1, 0.15) is 39.7 Å². The monoisotopic (exact) mass is 289 g/mol. The van der Waals surface area contributed by atoms with E-state index >= 15 is 0 Å². The van der Waals surface area contributed by atoms with Gasteiger partial charge in [-0.2, -0.15) is 0 Å². The fourth-order valence-electron chi connectivity index (χ4n) is 3.63. The minimum atomic E-state index is 0.101. The molecule has 2 saturated heterocycles. The molecule has 0 radical (unpaired) electrons. The first kappa shape index (κ1) is 14.8. The highest BCUT2D eigenvalue weighted by Gasteiger charge is 2.46. The van der Waals surface area contributed by atoms with Crippen LogP contribution in [0.25, 0.3) is 0 Å². The molecule has 116 valence electrons. The number of aromatic nitrogens is 1. The highest BCUT2D eigenvalue weighted by atomic mass is 16.1. The second kappa shape index (κ2) is 5.25. The first-order valence-corrected chi connectivity index (χ1v) is 8.08. The maximum atomic E-state index is 11.7. The fourth-order valence-corrected chi connectivity index (χ4v) is 3.63. The first-order valence-electron chi connectivity index (χ1n) is 8.08. The van der Waals surface area contributed by atoms with Crippen LogP contribution in [0.3, 0.4) is 0 Å². The third-order valence-corrected chi connectivity index (χ3v) is 5.04. The maximum absolute atomic E-state index is 11.7. The Morgan fingerprint density at radius 3 is 2.43 bits per heavy atom. The molecule has 0 spiro atoms. The lowest BCUT2D eigenvalue weighted by Crippen LogP contribution is -2.70. The molecule has 1 aromatic heterocycles. The zero-order valence-electron chi connectivity index (χ0n) is 13.7. The van der Waals surface area contributed by atoms with Crippen LogP contribution >= 0.6 is 0 Å². The number of rotatable bonds is 3. The van der Waals surface area contributed by atoms with Gasteiger partial charge in [-0.25, -0.2) is 0 Å². The lowest BCUT2D eigenvalue weighted by atomic mass is 9.84. The van der Waals surface area contributed by atoms with Gasteiger partial charge in [0.2, 0.25) is 0 Å². The van der Waals surface area contributed by atoms with Crippen LogP contribution in [0.5, 0.6) is 0 Å². The molecule has 1 aromatic rings. The second-order valence-corrected chi connectivity index (χ2v) is 7.45. The van der Waals surface area contributed by atoms with Gasteiger partial charge in [0.05, 0.1) is 0 Å². The number of piperidine rings is 1. The molecule has 0 amide bonds. The van der Waals surface area contributed by atoms with Gasteiger partial charge < -0.3 is 4.57 Å². The quantitative estimate of drug-likeness (QED) is 0.851. The Morgan fingerprint density at radius 1 is 1.19 bits per heavy atom. The maximum Gasteiger partial charge on any atom is 0.250 e. The summed E-state index contributed by atoms with van der Waals surface area (Å²) in [5.74, 6) is 0. The van der Waals surface area contributed by atoms with Gasteiger partial charge in [0, 0.05) is 56.1 Å². The molecule has 0 aromatic carbocycles. The largest absolute Gasteiger partial charge is 0.315 e. The molecule has 2 aliphatic heterocycles. The van der Waals surface area contributed by atoms with Crippen LogP contribution < -0.4 is 5.56 Å². The molecule has 2 fully saturated rings. The minimum absolute atomic E-state index is 0.101. The average molecular weight is 289 g/mol. The van der Waals surface area contributed by atoms with Crippen molar-refractivity contribution in [2.24, 2.45) is 0 Å². The van der Waals surface area contributed by atoms with E-state index in [1.54, 1.807) is 10.6 Å². The Morgan fingerprint density at radius 2 is 1.86 bits per heavy atom. The first-order chi connectivity index (χ1) is 9.88. The Labute approximate surface area is 127 Å². The van der Waals surface area contributed by atoms with Crippen LogP contribution in [0.2, 0.25) is 0 Å². The van der Waals surface area contributed by atoms with Crippen molar-refractivity contribution in [2.45, 2.75) is 64.8 Å². The zero-order valence-corrected chi connectivity index (χ0v) is 13.7. The van der Waals surface area contributed by atoms with Crippen molar-refractivity contribution in [3.05, 3.63) is 34.2 Å². The van der Waals surface area contributed by atoms with E-state index in [0.29, 0.717) is 12.1 Å². The van der Waals surface area contributed by atoms with E-state index in [-0.39, 0.29) is 11.1 Å². The summed E-state index contributed by atoms with van der Waals surface area (Å²) in [6.45, 7) is 13.0. The molecule has 0 aliphatic carbocycles. The van der Waals surface area contributed by atoms with Gasteiger partial charge in [0.1, 0.15) is 0 Å². The topological polar surface area (TPSA) is 28.5 Å². The molecule has 0 saturated carbocycles. The Hall–Kier alpha value is -1.13. The van der Waals surface area contributed by atoms with Gasteiger partial charge in [0.15, 0.2) is 0 Å². The molecule has 3 heterocycles. The minimum Gasteiger partial charge on any atom is -0.315 e. The predicted molar refractivity (Wildman–Crippen MR) is 85.4 cm³/mol. The van der Waals surface area contributed by atoms with Gasteiger partial charge in [-0.3, -0.25) is 14.6 Å². The molecule has 2 aliphatic rings. The summed E-state index contributed by atoms with van der Waals surface area (Å²) in [5, 5.41) is 0. The molecule has 0 N–H and O–H groups in total. The highest BCUT2D eigenvalue weighted by Crippen LogP contribution is 2.36. The smallest absolute Gasteiger partial charge is 0.250 e. The normalized spacial score (nSPS) is 26.7. The SMILES string of the molecule is CCn1cc(CN2C3CC2CN(C(C)(C)C)C3)ccc1=O. The summed E-state index contributed by atoms with van der Waals surface area (Å²) < 4.78 is 1.80. The molecule has 2 bridgehead atoms. The lowest BCUT2D eigenvalue weighted by Gasteiger charge is -2.59.